The third-order valence-electron chi connectivity index (χ3n) is 4.76. The highest BCUT2D eigenvalue weighted by Gasteiger charge is 2.50. The number of halogens is 1. The van der Waals surface area contributed by atoms with E-state index >= 15 is 0 Å². The number of hydrogen-bond acceptors (Lipinski definition) is 2. The number of anilines is 1. The van der Waals surface area contributed by atoms with E-state index in [1.54, 1.807) is 4.90 Å². The molecule has 1 unspecified atom stereocenters. The van der Waals surface area contributed by atoms with Crippen molar-refractivity contribution in [2.45, 2.75) is 12.1 Å². The quantitative estimate of drug-likeness (QED) is 0.871. The smallest absolute Gasteiger partial charge is 0.298 e. The van der Waals surface area contributed by atoms with Crippen LogP contribution in [-0.4, -0.2) is 31.1 Å². The van der Waals surface area contributed by atoms with Crippen molar-refractivity contribution in [3.8, 4) is 0 Å². The molecule has 1 N–H and O–H groups in total. The average molecular weight is 328 g/mol. The molecular weight excluding hydrogens is 310 g/mol. The van der Waals surface area contributed by atoms with Gasteiger partial charge in [0.25, 0.3) is 0 Å². The van der Waals surface area contributed by atoms with Gasteiger partial charge < -0.3 is 0 Å². The first-order valence-electron chi connectivity index (χ1n) is 7.80. The number of urea groups is 1. The van der Waals surface area contributed by atoms with E-state index in [0.29, 0.717) is 5.02 Å². The van der Waals surface area contributed by atoms with Crippen molar-refractivity contribution in [1.82, 2.24) is 10.2 Å². The van der Waals surface area contributed by atoms with Gasteiger partial charge in [-0.15, -0.1) is 0 Å². The van der Waals surface area contributed by atoms with Crippen LogP contribution in [0.2, 0.25) is 5.02 Å². The van der Waals surface area contributed by atoms with Crippen molar-refractivity contribution in [2.24, 2.45) is 0 Å². The van der Waals surface area contributed by atoms with E-state index in [-0.39, 0.29) is 6.03 Å². The van der Waals surface area contributed by atoms with Crippen LogP contribution in [0.4, 0.5) is 10.5 Å². The van der Waals surface area contributed by atoms with E-state index in [4.69, 9.17) is 11.6 Å². The number of amides is 2. The standard InChI is InChI=1S/C18H18ClN3O/c1-21-16-9-8-14(19)12-15(16)18(13-6-3-2-4-7-13)20-10-5-11-22(18)17(21)23/h2-4,6-9,12,20H,5,10-11H2,1H3. The van der Waals surface area contributed by atoms with Gasteiger partial charge in [-0.1, -0.05) is 41.9 Å². The Morgan fingerprint density at radius 2 is 1.96 bits per heavy atom. The van der Waals surface area contributed by atoms with Gasteiger partial charge in [-0.05, 0) is 36.7 Å². The van der Waals surface area contributed by atoms with Crippen LogP contribution in [0.5, 0.6) is 0 Å². The van der Waals surface area contributed by atoms with Gasteiger partial charge in [-0.25, -0.2) is 4.79 Å². The highest BCUT2D eigenvalue weighted by molar-refractivity contribution is 6.30. The fraction of sp³-hybridized carbons (Fsp3) is 0.278. The largest absolute Gasteiger partial charge is 0.326 e. The van der Waals surface area contributed by atoms with Crippen LogP contribution >= 0.6 is 11.6 Å². The zero-order valence-electron chi connectivity index (χ0n) is 12.9. The number of hydrogen-bond donors (Lipinski definition) is 1. The predicted molar refractivity (Wildman–Crippen MR) is 91.8 cm³/mol. The van der Waals surface area contributed by atoms with E-state index in [2.05, 4.69) is 17.4 Å². The molecule has 4 rings (SSSR count). The molecule has 0 spiro atoms. The molecule has 0 saturated carbocycles. The first-order valence-corrected chi connectivity index (χ1v) is 8.18. The van der Waals surface area contributed by atoms with Crippen LogP contribution in [0.15, 0.2) is 48.5 Å². The van der Waals surface area contributed by atoms with Crippen LogP contribution in [0.25, 0.3) is 0 Å². The maximum absolute atomic E-state index is 13.0. The third-order valence-corrected chi connectivity index (χ3v) is 5.00. The van der Waals surface area contributed by atoms with Crippen molar-refractivity contribution >= 4 is 23.3 Å². The second-order valence-corrected chi connectivity index (χ2v) is 6.45. The highest BCUT2D eigenvalue weighted by Crippen LogP contribution is 2.45. The van der Waals surface area contributed by atoms with Crippen molar-refractivity contribution in [2.75, 3.05) is 25.0 Å². The Hall–Kier alpha value is -2.04. The number of carbonyl (C=O) groups is 1. The van der Waals surface area contributed by atoms with Gasteiger partial charge in [-0.2, -0.15) is 0 Å². The summed E-state index contributed by atoms with van der Waals surface area (Å²) in [6, 6.07) is 15.9. The Morgan fingerprint density at radius 3 is 2.74 bits per heavy atom. The van der Waals surface area contributed by atoms with Crippen molar-refractivity contribution in [1.29, 1.82) is 0 Å². The van der Waals surface area contributed by atoms with E-state index < -0.39 is 5.66 Å². The molecule has 1 fully saturated rings. The normalized spacial score (nSPS) is 23.5. The molecule has 118 valence electrons. The molecule has 2 aromatic carbocycles. The minimum absolute atomic E-state index is 0.0101. The molecule has 4 nitrogen and oxygen atoms in total. The summed E-state index contributed by atoms with van der Waals surface area (Å²) in [5.74, 6) is 0. The van der Waals surface area contributed by atoms with Gasteiger partial charge in [0.1, 0.15) is 5.66 Å². The van der Waals surface area contributed by atoms with Crippen LogP contribution in [0.3, 0.4) is 0 Å². The number of fused-ring (bicyclic) bond motifs is 3. The summed E-state index contributed by atoms with van der Waals surface area (Å²) in [5, 5.41) is 4.28. The Kier molecular flexibility index (Phi) is 3.32. The van der Waals surface area contributed by atoms with Gasteiger partial charge in [0, 0.05) is 24.2 Å². The molecule has 2 amide bonds. The molecule has 2 aliphatic heterocycles. The molecule has 0 aromatic heterocycles. The molecule has 0 aliphatic carbocycles. The van der Waals surface area contributed by atoms with Crippen LogP contribution in [0, 0.1) is 0 Å². The number of nitrogens with zero attached hydrogens (tertiary/aromatic N) is 2. The SMILES string of the molecule is CN1C(=O)N2CCCNC2(c2ccccc2)c2cc(Cl)ccc21. The van der Waals surface area contributed by atoms with E-state index in [1.165, 1.54) is 0 Å². The van der Waals surface area contributed by atoms with Crippen LogP contribution < -0.4 is 10.2 Å². The van der Waals surface area contributed by atoms with E-state index in [0.717, 1.165) is 36.3 Å². The number of carbonyl (C=O) groups excluding carboxylic acids is 1. The number of nitrogens with one attached hydrogen (secondary N) is 1. The minimum atomic E-state index is -0.649. The summed E-state index contributed by atoms with van der Waals surface area (Å²) in [4.78, 5) is 16.6. The number of benzene rings is 2. The first-order chi connectivity index (χ1) is 11.1. The molecular formula is C18H18ClN3O. The Balaban J connectivity index is 2.04. The zero-order chi connectivity index (χ0) is 16.0. The lowest BCUT2D eigenvalue weighted by molar-refractivity contribution is 0.0854. The maximum atomic E-state index is 13.0. The molecule has 5 heteroatoms. The van der Waals surface area contributed by atoms with Crippen molar-refractivity contribution in [3.05, 3.63) is 64.7 Å². The predicted octanol–water partition coefficient (Wildman–Crippen LogP) is 3.41. The molecule has 0 radical (unpaired) electrons. The van der Waals surface area contributed by atoms with Gasteiger partial charge in [-0.3, -0.25) is 15.1 Å². The second-order valence-electron chi connectivity index (χ2n) is 6.01. The summed E-state index contributed by atoms with van der Waals surface area (Å²) in [5.41, 5.74) is 2.33. The van der Waals surface area contributed by atoms with Gasteiger partial charge in [0.2, 0.25) is 0 Å². The summed E-state index contributed by atoms with van der Waals surface area (Å²) in [6.07, 6.45) is 0.935. The fourth-order valence-corrected chi connectivity index (χ4v) is 3.89. The second kappa shape index (κ2) is 5.25. The molecule has 1 saturated heterocycles. The molecule has 2 aliphatic rings. The Labute approximate surface area is 140 Å². The van der Waals surface area contributed by atoms with Crippen LogP contribution in [0.1, 0.15) is 17.5 Å². The lowest BCUT2D eigenvalue weighted by atomic mass is 9.84. The molecule has 0 bridgehead atoms. The van der Waals surface area contributed by atoms with Crippen molar-refractivity contribution < 1.29 is 4.79 Å². The highest BCUT2D eigenvalue weighted by atomic mass is 35.5. The summed E-state index contributed by atoms with van der Waals surface area (Å²) in [6.45, 7) is 1.57. The van der Waals surface area contributed by atoms with Gasteiger partial charge >= 0.3 is 6.03 Å². The average Bonchev–Trinajstić information content (AvgIpc) is 2.60. The van der Waals surface area contributed by atoms with Crippen LogP contribution in [-0.2, 0) is 5.66 Å². The monoisotopic (exact) mass is 327 g/mol. The fourth-order valence-electron chi connectivity index (χ4n) is 3.72. The molecule has 2 heterocycles. The summed E-state index contributed by atoms with van der Waals surface area (Å²) < 4.78 is 0. The van der Waals surface area contributed by atoms with Gasteiger partial charge in [0.05, 0.1) is 5.69 Å². The summed E-state index contributed by atoms with van der Waals surface area (Å²) in [7, 11) is 1.82. The molecule has 2 aromatic rings. The number of rotatable bonds is 1. The van der Waals surface area contributed by atoms with E-state index in [9.17, 15) is 4.79 Å². The van der Waals surface area contributed by atoms with Crippen molar-refractivity contribution in [3.63, 3.8) is 0 Å². The Bertz CT molecular complexity index is 764. The first kappa shape index (κ1) is 14.5. The van der Waals surface area contributed by atoms with Gasteiger partial charge in [0.15, 0.2) is 0 Å². The molecule has 1 atom stereocenters. The lowest BCUT2D eigenvalue weighted by Gasteiger charge is -2.53. The minimum Gasteiger partial charge on any atom is -0.298 e. The Morgan fingerprint density at radius 1 is 1.17 bits per heavy atom. The zero-order valence-corrected chi connectivity index (χ0v) is 13.7. The summed E-state index contributed by atoms with van der Waals surface area (Å²) >= 11 is 6.29. The lowest BCUT2D eigenvalue weighted by Crippen LogP contribution is -2.67. The van der Waals surface area contributed by atoms with E-state index in [1.807, 2.05) is 48.3 Å². The third kappa shape index (κ3) is 1.98. The maximum Gasteiger partial charge on any atom is 0.326 e. The topological polar surface area (TPSA) is 35.6 Å². The molecule has 23 heavy (non-hydrogen) atoms.